The normalized spacial score (nSPS) is 19.9. The number of sulfonamides is 1. The summed E-state index contributed by atoms with van der Waals surface area (Å²) in [7, 11) is -3.94. The first-order chi connectivity index (χ1) is 9.34. The Morgan fingerprint density at radius 2 is 2.05 bits per heavy atom. The van der Waals surface area contributed by atoms with Gasteiger partial charge in [0, 0.05) is 12.1 Å². The molecule has 1 aliphatic rings. The highest BCUT2D eigenvalue weighted by molar-refractivity contribution is 7.89. The maximum absolute atomic E-state index is 12.4. The number of nitrogens with zero attached hydrogens (tertiary/aromatic N) is 1. The van der Waals surface area contributed by atoms with Crippen molar-refractivity contribution < 1.29 is 23.1 Å². The van der Waals surface area contributed by atoms with Crippen LogP contribution in [0.15, 0.2) is 29.2 Å². The van der Waals surface area contributed by atoms with Gasteiger partial charge in [0.1, 0.15) is 6.04 Å². The highest BCUT2D eigenvalue weighted by Gasteiger charge is 2.39. The second-order valence-electron chi connectivity index (χ2n) is 4.50. The third kappa shape index (κ3) is 2.52. The van der Waals surface area contributed by atoms with E-state index in [4.69, 9.17) is 10.8 Å². The van der Waals surface area contributed by atoms with Gasteiger partial charge in [-0.3, -0.25) is 9.59 Å². The second kappa shape index (κ2) is 5.22. The van der Waals surface area contributed by atoms with Crippen LogP contribution in [0, 0.1) is 0 Å². The van der Waals surface area contributed by atoms with Gasteiger partial charge in [-0.25, -0.2) is 8.42 Å². The number of nitrogens with two attached hydrogens (primary N) is 1. The topological polar surface area (TPSA) is 118 Å². The zero-order chi connectivity index (χ0) is 14.9. The molecule has 1 atom stereocenters. The number of primary amides is 1. The summed E-state index contributed by atoms with van der Waals surface area (Å²) in [6.07, 6.45) is 0.774. The molecule has 0 aliphatic carbocycles. The van der Waals surface area contributed by atoms with Crippen LogP contribution in [-0.2, 0) is 14.8 Å². The van der Waals surface area contributed by atoms with Gasteiger partial charge in [-0.15, -0.1) is 0 Å². The van der Waals surface area contributed by atoms with Crippen molar-refractivity contribution in [1.29, 1.82) is 0 Å². The van der Waals surface area contributed by atoms with Gasteiger partial charge in [0.05, 0.1) is 4.90 Å². The molecule has 0 bridgehead atoms. The van der Waals surface area contributed by atoms with E-state index in [-0.39, 0.29) is 23.4 Å². The molecule has 1 fully saturated rings. The molecule has 1 amide bonds. The van der Waals surface area contributed by atoms with Crippen molar-refractivity contribution in [1.82, 2.24) is 4.31 Å². The van der Waals surface area contributed by atoms with E-state index in [2.05, 4.69) is 0 Å². The third-order valence-electron chi connectivity index (χ3n) is 3.21. The first-order valence-corrected chi connectivity index (χ1v) is 7.42. The van der Waals surface area contributed by atoms with Gasteiger partial charge in [-0.2, -0.15) is 4.31 Å². The minimum atomic E-state index is -3.94. The molecule has 0 aromatic heterocycles. The molecule has 1 aliphatic heterocycles. The molecule has 2 rings (SSSR count). The Morgan fingerprint density at radius 3 is 2.65 bits per heavy atom. The summed E-state index contributed by atoms with van der Waals surface area (Å²) in [5.74, 6) is -1.91. The van der Waals surface area contributed by atoms with Gasteiger partial charge in [0.25, 0.3) is 0 Å². The van der Waals surface area contributed by atoms with E-state index in [1.807, 2.05) is 0 Å². The molecular weight excluding hydrogens is 284 g/mol. The molecule has 0 radical (unpaired) electrons. The van der Waals surface area contributed by atoms with E-state index in [0.717, 1.165) is 10.4 Å². The zero-order valence-corrected chi connectivity index (χ0v) is 11.3. The molecule has 0 saturated carbocycles. The van der Waals surface area contributed by atoms with Crippen molar-refractivity contribution in [3.8, 4) is 0 Å². The molecule has 0 unspecified atom stereocenters. The van der Waals surface area contributed by atoms with E-state index < -0.39 is 27.9 Å². The Hall–Kier alpha value is -1.93. The van der Waals surface area contributed by atoms with Gasteiger partial charge in [0.15, 0.2) is 0 Å². The van der Waals surface area contributed by atoms with Crippen molar-refractivity contribution in [2.24, 2.45) is 5.73 Å². The monoisotopic (exact) mass is 298 g/mol. The SMILES string of the molecule is NC(=O)c1cccc(S(=O)(=O)N2CCC[C@H]2C(=O)O)c1. The Kier molecular flexibility index (Phi) is 3.78. The van der Waals surface area contributed by atoms with E-state index >= 15 is 0 Å². The molecule has 8 heteroatoms. The summed E-state index contributed by atoms with van der Waals surface area (Å²) in [6, 6.07) is 4.23. The molecule has 1 heterocycles. The molecule has 0 spiro atoms. The third-order valence-corrected chi connectivity index (χ3v) is 5.12. The number of hydrogen-bond acceptors (Lipinski definition) is 4. The summed E-state index contributed by atoms with van der Waals surface area (Å²) in [4.78, 5) is 22.1. The molecule has 3 N–H and O–H groups in total. The number of hydrogen-bond donors (Lipinski definition) is 2. The Balaban J connectivity index is 2.42. The van der Waals surface area contributed by atoms with E-state index in [0.29, 0.717) is 6.42 Å². The number of carbonyl (C=O) groups excluding carboxylic acids is 1. The van der Waals surface area contributed by atoms with Crippen molar-refractivity contribution in [2.45, 2.75) is 23.8 Å². The van der Waals surface area contributed by atoms with Crippen LogP contribution in [-0.4, -0.2) is 42.3 Å². The molecule has 1 saturated heterocycles. The van der Waals surface area contributed by atoms with Crippen LogP contribution >= 0.6 is 0 Å². The van der Waals surface area contributed by atoms with E-state index in [1.165, 1.54) is 18.2 Å². The number of rotatable bonds is 4. The van der Waals surface area contributed by atoms with E-state index in [1.54, 1.807) is 0 Å². The average molecular weight is 298 g/mol. The Morgan fingerprint density at radius 1 is 1.35 bits per heavy atom. The van der Waals surface area contributed by atoms with Crippen molar-refractivity contribution in [3.05, 3.63) is 29.8 Å². The predicted molar refractivity (Wildman–Crippen MR) is 69.5 cm³/mol. The lowest BCUT2D eigenvalue weighted by Crippen LogP contribution is -2.40. The van der Waals surface area contributed by atoms with Gasteiger partial charge in [-0.05, 0) is 31.0 Å². The maximum atomic E-state index is 12.4. The first-order valence-electron chi connectivity index (χ1n) is 5.98. The minimum Gasteiger partial charge on any atom is -0.480 e. The van der Waals surface area contributed by atoms with Gasteiger partial charge >= 0.3 is 5.97 Å². The highest BCUT2D eigenvalue weighted by Crippen LogP contribution is 2.26. The molecule has 108 valence electrons. The summed E-state index contributed by atoms with van der Waals surface area (Å²) >= 11 is 0. The first kappa shape index (κ1) is 14.5. The van der Waals surface area contributed by atoms with Crippen LogP contribution in [0.4, 0.5) is 0 Å². The lowest BCUT2D eigenvalue weighted by atomic mass is 10.2. The van der Waals surface area contributed by atoms with Crippen molar-refractivity contribution >= 4 is 21.9 Å². The number of benzene rings is 1. The number of carbonyl (C=O) groups is 2. The number of aliphatic carboxylic acids is 1. The fourth-order valence-corrected chi connectivity index (χ4v) is 3.92. The molecule has 1 aromatic carbocycles. The van der Waals surface area contributed by atoms with Gasteiger partial charge in [-0.1, -0.05) is 6.07 Å². The summed E-state index contributed by atoms with van der Waals surface area (Å²) < 4.78 is 25.8. The summed E-state index contributed by atoms with van der Waals surface area (Å²) in [5.41, 5.74) is 5.18. The standard InChI is InChI=1S/C12H14N2O5S/c13-11(15)8-3-1-4-9(7-8)20(18,19)14-6-2-5-10(14)12(16)17/h1,3-4,7,10H,2,5-6H2,(H2,13,15)(H,16,17)/t10-/m0/s1. The maximum Gasteiger partial charge on any atom is 0.322 e. The molecule has 1 aromatic rings. The van der Waals surface area contributed by atoms with Crippen LogP contribution in [0.3, 0.4) is 0 Å². The largest absolute Gasteiger partial charge is 0.480 e. The molecular formula is C12H14N2O5S. The summed E-state index contributed by atoms with van der Waals surface area (Å²) in [5, 5.41) is 9.06. The Bertz CT molecular complexity index is 656. The number of carboxylic acid groups (broad SMARTS) is 1. The fourth-order valence-electron chi connectivity index (χ4n) is 2.22. The highest BCUT2D eigenvalue weighted by atomic mass is 32.2. The van der Waals surface area contributed by atoms with Crippen LogP contribution < -0.4 is 5.73 Å². The number of carboxylic acids is 1. The van der Waals surface area contributed by atoms with Crippen molar-refractivity contribution in [2.75, 3.05) is 6.54 Å². The van der Waals surface area contributed by atoms with Gasteiger partial charge < -0.3 is 10.8 Å². The lowest BCUT2D eigenvalue weighted by Gasteiger charge is -2.21. The number of amides is 1. The fraction of sp³-hybridized carbons (Fsp3) is 0.333. The second-order valence-corrected chi connectivity index (χ2v) is 6.39. The van der Waals surface area contributed by atoms with Crippen LogP contribution in [0.1, 0.15) is 23.2 Å². The Labute approximate surface area is 116 Å². The zero-order valence-electron chi connectivity index (χ0n) is 10.5. The average Bonchev–Trinajstić information content (AvgIpc) is 2.89. The quantitative estimate of drug-likeness (QED) is 0.812. The minimum absolute atomic E-state index is 0.0668. The van der Waals surface area contributed by atoms with Crippen LogP contribution in [0.25, 0.3) is 0 Å². The predicted octanol–water partition coefficient (Wildman–Crippen LogP) is 0.0232. The molecule has 20 heavy (non-hydrogen) atoms. The lowest BCUT2D eigenvalue weighted by molar-refractivity contribution is -0.140. The van der Waals surface area contributed by atoms with Crippen LogP contribution in [0.5, 0.6) is 0 Å². The smallest absolute Gasteiger partial charge is 0.322 e. The van der Waals surface area contributed by atoms with Crippen molar-refractivity contribution in [3.63, 3.8) is 0 Å². The van der Waals surface area contributed by atoms with Gasteiger partial charge in [0.2, 0.25) is 15.9 Å². The van der Waals surface area contributed by atoms with E-state index in [9.17, 15) is 18.0 Å². The summed E-state index contributed by atoms with van der Waals surface area (Å²) in [6.45, 7) is 0.153. The van der Waals surface area contributed by atoms with Crippen LogP contribution in [0.2, 0.25) is 0 Å². The molecule has 7 nitrogen and oxygen atoms in total.